The Hall–Kier alpha value is -3.61. The fourth-order valence-electron chi connectivity index (χ4n) is 2.81. The van der Waals surface area contributed by atoms with Crippen molar-refractivity contribution in [2.24, 2.45) is 0 Å². The molecule has 0 heterocycles. The Morgan fingerprint density at radius 2 is 1.68 bits per heavy atom. The van der Waals surface area contributed by atoms with Gasteiger partial charge in [-0.25, -0.2) is 0 Å². The monoisotopic (exact) mass is 424 g/mol. The summed E-state index contributed by atoms with van der Waals surface area (Å²) in [5, 5.41) is 14.1. The minimum Gasteiger partial charge on any atom is -0.494 e. The van der Waals surface area contributed by atoms with Crippen LogP contribution < -0.4 is 15.4 Å². The number of amides is 2. The van der Waals surface area contributed by atoms with Crippen LogP contribution in [0.4, 0.5) is 0 Å². The molecule has 2 aromatic rings. The molecular formula is C24H28N2O5. The SMILES string of the molecule is CCOc1ccc(C(=O)N/C(=C/c2ccccc2)C(=O)NCCCCCC(=O)O)cc1. The predicted molar refractivity (Wildman–Crippen MR) is 119 cm³/mol. The molecule has 0 saturated heterocycles. The number of carboxylic acids is 1. The zero-order valence-electron chi connectivity index (χ0n) is 17.6. The van der Waals surface area contributed by atoms with E-state index in [0.717, 1.165) is 5.56 Å². The van der Waals surface area contributed by atoms with Crippen molar-refractivity contribution in [2.75, 3.05) is 13.2 Å². The van der Waals surface area contributed by atoms with Gasteiger partial charge in [-0.2, -0.15) is 0 Å². The second kappa shape index (κ2) is 12.8. The average molecular weight is 424 g/mol. The maximum absolute atomic E-state index is 12.7. The van der Waals surface area contributed by atoms with E-state index >= 15 is 0 Å². The fraction of sp³-hybridized carbons (Fsp3) is 0.292. The van der Waals surface area contributed by atoms with Crippen molar-refractivity contribution in [1.29, 1.82) is 0 Å². The third-order valence-electron chi connectivity index (χ3n) is 4.38. The summed E-state index contributed by atoms with van der Waals surface area (Å²) in [7, 11) is 0. The Labute approximate surface area is 182 Å². The molecule has 0 spiro atoms. The molecule has 7 nitrogen and oxygen atoms in total. The number of ether oxygens (including phenoxy) is 1. The van der Waals surface area contributed by atoms with Gasteiger partial charge in [-0.15, -0.1) is 0 Å². The lowest BCUT2D eigenvalue weighted by atomic mass is 10.1. The molecule has 2 amide bonds. The molecule has 0 aliphatic heterocycles. The van der Waals surface area contributed by atoms with E-state index in [1.807, 2.05) is 37.3 Å². The van der Waals surface area contributed by atoms with E-state index < -0.39 is 17.8 Å². The largest absolute Gasteiger partial charge is 0.494 e. The van der Waals surface area contributed by atoms with Crippen LogP contribution in [0.15, 0.2) is 60.3 Å². The van der Waals surface area contributed by atoms with Gasteiger partial charge in [-0.05, 0) is 55.7 Å². The van der Waals surface area contributed by atoms with Crippen molar-refractivity contribution in [3.63, 3.8) is 0 Å². The first kappa shape index (κ1) is 23.7. The van der Waals surface area contributed by atoms with Crippen LogP contribution in [0.3, 0.4) is 0 Å². The molecule has 31 heavy (non-hydrogen) atoms. The third kappa shape index (κ3) is 8.74. The molecule has 3 N–H and O–H groups in total. The number of hydrogen-bond donors (Lipinski definition) is 3. The van der Waals surface area contributed by atoms with Gasteiger partial charge >= 0.3 is 5.97 Å². The van der Waals surface area contributed by atoms with E-state index in [1.165, 1.54) is 0 Å². The van der Waals surface area contributed by atoms with Crippen LogP contribution in [0.2, 0.25) is 0 Å². The molecule has 2 aromatic carbocycles. The van der Waals surface area contributed by atoms with E-state index in [1.54, 1.807) is 30.3 Å². The smallest absolute Gasteiger partial charge is 0.303 e. The zero-order chi connectivity index (χ0) is 22.5. The summed E-state index contributed by atoms with van der Waals surface area (Å²) in [6.45, 7) is 2.81. The second-order valence-electron chi connectivity index (χ2n) is 6.84. The van der Waals surface area contributed by atoms with Gasteiger partial charge in [0.25, 0.3) is 11.8 Å². The molecule has 164 valence electrons. The number of rotatable bonds is 12. The summed E-state index contributed by atoms with van der Waals surface area (Å²) >= 11 is 0. The summed E-state index contributed by atoms with van der Waals surface area (Å²) in [5.74, 6) is -0.961. The van der Waals surface area contributed by atoms with Crippen LogP contribution in [-0.2, 0) is 9.59 Å². The average Bonchev–Trinajstić information content (AvgIpc) is 2.76. The summed E-state index contributed by atoms with van der Waals surface area (Å²) in [6.07, 6.45) is 3.65. The number of aliphatic carboxylic acids is 1. The lowest BCUT2D eigenvalue weighted by Crippen LogP contribution is -2.35. The van der Waals surface area contributed by atoms with Gasteiger partial charge in [-0.3, -0.25) is 14.4 Å². The molecule has 0 atom stereocenters. The second-order valence-corrected chi connectivity index (χ2v) is 6.84. The summed E-state index contributed by atoms with van der Waals surface area (Å²) in [5.41, 5.74) is 1.32. The van der Waals surface area contributed by atoms with Crippen LogP contribution >= 0.6 is 0 Å². The van der Waals surface area contributed by atoms with Crippen molar-refractivity contribution in [3.8, 4) is 5.75 Å². The van der Waals surface area contributed by atoms with Gasteiger partial charge in [0.05, 0.1) is 6.61 Å². The minimum atomic E-state index is -0.825. The first-order chi connectivity index (χ1) is 15.0. The zero-order valence-corrected chi connectivity index (χ0v) is 17.6. The number of benzene rings is 2. The van der Waals surface area contributed by atoms with Gasteiger partial charge in [0.15, 0.2) is 0 Å². The third-order valence-corrected chi connectivity index (χ3v) is 4.38. The van der Waals surface area contributed by atoms with Gasteiger partial charge in [0.2, 0.25) is 0 Å². The molecule has 0 bridgehead atoms. The van der Waals surface area contributed by atoms with E-state index in [4.69, 9.17) is 9.84 Å². The number of carboxylic acid groups (broad SMARTS) is 1. The van der Waals surface area contributed by atoms with Crippen molar-refractivity contribution < 1.29 is 24.2 Å². The predicted octanol–water partition coefficient (Wildman–Crippen LogP) is 3.62. The number of nitrogens with one attached hydrogen (secondary N) is 2. The molecule has 0 fully saturated rings. The summed E-state index contributed by atoms with van der Waals surface area (Å²) in [6, 6.07) is 15.9. The highest BCUT2D eigenvalue weighted by molar-refractivity contribution is 6.05. The Morgan fingerprint density at radius 1 is 0.968 bits per heavy atom. The minimum absolute atomic E-state index is 0.116. The Bertz CT molecular complexity index is 892. The van der Waals surface area contributed by atoms with Crippen LogP contribution in [0, 0.1) is 0 Å². The first-order valence-corrected chi connectivity index (χ1v) is 10.3. The molecule has 0 aromatic heterocycles. The Balaban J connectivity index is 2.03. The van der Waals surface area contributed by atoms with E-state index in [9.17, 15) is 14.4 Å². The number of hydrogen-bond acceptors (Lipinski definition) is 4. The quantitative estimate of drug-likeness (QED) is 0.357. The molecule has 0 unspecified atom stereocenters. The Kier molecular flexibility index (Phi) is 9.81. The van der Waals surface area contributed by atoms with Gasteiger partial charge < -0.3 is 20.5 Å². The molecule has 7 heteroatoms. The molecule has 0 aliphatic rings. The van der Waals surface area contributed by atoms with Crippen molar-refractivity contribution in [3.05, 3.63) is 71.4 Å². The van der Waals surface area contributed by atoms with E-state index in [2.05, 4.69) is 10.6 Å². The van der Waals surface area contributed by atoms with Crippen molar-refractivity contribution in [1.82, 2.24) is 10.6 Å². The van der Waals surface area contributed by atoms with Crippen molar-refractivity contribution in [2.45, 2.75) is 32.6 Å². The lowest BCUT2D eigenvalue weighted by molar-refractivity contribution is -0.137. The fourth-order valence-corrected chi connectivity index (χ4v) is 2.81. The van der Waals surface area contributed by atoms with Gasteiger partial charge in [0.1, 0.15) is 11.4 Å². The highest BCUT2D eigenvalue weighted by Gasteiger charge is 2.14. The maximum Gasteiger partial charge on any atom is 0.303 e. The first-order valence-electron chi connectivity index (χ1n) is 10.3. The standard InChI is InChI=1S/C24H28N2O5/c1-2-31-20-14-12-19(13-15-20)23(29)26-21(17-18-9-5-3-6-10-18)24(30)25-16-8-4-7-11-22(27)28/h3,5-6,9-10,12-15,17H,2,4,7-8,11,16H2,1H3,(H,25,30)(H,26,29)(H,27,28)/b21-17+. The number of carbonyl (C=O) groups excluding carboxylic acids is 2. The molecule has 0 aliphatic carbocycles. The van der Waals surface area contributed by atoms with Crippen molar-refractivity contribution >= 4 is 23.9 Å². The molecule has 0 saturated carbocycles. The molecular weight excluding hydrogens is 396 g/mol. The topological polar surface area (TPSA) is 105 Å². The lowest BCUT2D eigenvalue weighted by Gasteiger charge is -2.12. The normalized spacial score (nSPS) is 10.9. The highest BCUT2D eigenvalue weighted by Crippen LogP contribution is 2.13. The Morgan fingerprint density at radius 3 is 2.32 bits per heavy atom. The maximum atomic E-state index is 12.7. The summed E-state index contributed by atoms with van der Waals surface area (Å²) < 4.78 is 5.38. The number of carbonyl (C=O) groups is 3. The highest BCUT2D eigenvalue weighted by atomic mass is 16.5. The van der Waals surface area contributed by atoms with Crippen LogP contribution in [0.25, 0.3) is 6.08 Å². The molecule has 0 radical (unpaired) electrons. The van der Waals surface area contributed by atoms with Gasteiger partial charge in [0, 0.05) is 18.5 Å². The van der Waals surface area contributed by atoms with Crippen LogP contribution in [0.5, 0.6) is 5.75 Å². The van der Waals surface area contributed by atoms with Crippen LogP contribution in [-0.4, -0.2) is 36.0 Å². The molecule has 2 rings (SSSR count). The van der Waals surface area contributed by atoms with Gasteiger partial charge in [-0.1, -0.05) is 36.8 Å². The van der Waals surface area contributed by atoms with E-state index in [0.29, 0.717) is 43.7 Å². The van der Waals surface area contributed by atoms with Crippen LogP contribution in [0.1, 0.15) is 48.5 Å². The van der Waals surface area contributed by atoms with E-state index in [-0.39, 0.29) is 12.1 Å². The summed E-state index contributed by atoms with van der Waals surface area (Å²) in [4.78, 5) is 35.9. The number of unbranched alkanes of at least 4 members (excludes halogenated alkanes) is 2.